The number of nitrogens with zero attached hydrogens (tertiary/aromatic N) is 2. The van der Waals surface area contributed by atoms with E-state index >= 15 is 0 Å². The summed E-state index contributed by atoms with van der Waals surface area (Å²) in [6, 6.07) is 11.2. The Bertz CT molecular complexity index is 1170. The quantitative estimate of drug-likeness (QED) is 0.503. The lowest BCUT2D eigenvalue weighted by atomic mass is 10.2. The smallest absolute Gasteiger partial charge is 0.257 e. The lowest BCUT2D eigenvalue weighted by Crippen LogP contribution is -2.30. The van der Waals surface area contributed by atoms with Crippen LogP contribution in [0.4, 0.5) is 5.13 Å². The van der Waals surface area contributed by atoms with Crippen molar-refractivity contribution in [3.63, 3.8) is 0 Å². The van der Waals surface area contributed by atoms with Crippen LogP contribution >= 0.6 is 22.9 Å². The molecule has 0 aliphatic heterocycles. The SMILES string of the molecule is CCN(CC)S(=O)(=O)c1ccc(C(=O)Nc2nc(-c3ccc(OC)c(Cl)c3)cs2)cc1. The Morgan fingerprint density at radius 2 is 1.84 bits per heavy atom. The van der Waals surface area contributed by atoms with Gasteiger partial charge in [0.05, 0.1) is 22.7 Å². The van der Waals surface area contributed by atoms with E-state index in [-0.39, 0.29) is 10.8 Å². The van der Waals surface area contributed by atoms with Crippen molar-refractivity contribution in [1.29, 1.82) is 0 Å². The van der Waals surface area contributed by atoms with Gasteiger partial charge in [-0.25, -0.2) is 13.4 Å². The van der Waals surface area contributed by atoms with E-state index in [1.165, 1.54) is 39.9 Å². The minimum atomic E-state index is -3.57. The number of nitrogens with one attached hydrogen (secondary N) is 1. The summed E-state index contributed by atoms with van der Waals surface area (Å²) >= 11 is 7.45. The lowest BCUT2D eigenvalue weighted by molar-refractivity contribution is 0.102. The Morgan fingerprint density at radius 1 is 1.16 bits per heavy atom. The van der Waals surface area contributed by atoms with Crippen LogP contribution in [0.3, 0.4) is 0 Å². The van der Waals surface area contributed by atoms with Crippen LogP contribution in [0.2, 0.25) is 5.02 Å². The van der Waals surface area contributed by atoms with Gasteiger partial charge in [-0.15, -0.1) is 11.3 Å². The minimum absolute atomic E-state index is 0.153. The Kier molecular flexibility index (Phi) is 7.32. The predicted molar refractivity (Wildman–Crippen MR) is 124 cm³/mol. The van der Waals surface area contributed by atoms with Gasteiger partial charge in [0.2, 0.25) is 10.0 Å². The molecule has 1 heterocycles. The van der Waals surface area contributed by atoms with Gasteiger partial charge in [-0.05, 0) is 42.5 Å². The minimum Gasteiger partial charge on any atom is -0.495 e. The number of ether oxygens (including phenoxy) is 1. The third-order valence-electron chi connectivity index (χ3n) is 4.63. The molecule has 0 spiro atoms. The highest BCUT2D eigenvalue weighted by Gasteiger charge is 2.21. The van der Waals surface area contributed by atoms with Gasteiger partial charge in [0, 0.05) is 29.6 Å². The number of hydrogen-bond acceptors (Lipinski definition) is 6. The molecule has 10 heteroatoms. The summed E-state index contributed by atoms with van der Waals surface area (Å²) in [6.45, 7) is 4.33. The fraction of sp³-hybridized carbons (Fsp3) is 0.238. The molecular formula is C21H22ClN3O4S2. The van der Waals surface area contributed by atoms with Crippen LogP contribution in [0.15, 0.2) is 52.7 Å². The number of carbonyl (C=O) groups excluding carboxylic acids is 1. The van der Waals surface area contributed by atoms with Gasteiger partial charge < -0.3 is 4.74 Å². The fourth-order valence-electron chi connectivity index (χ4n) is 2.95. The van der Waals surface area contributed by atoms with Crippen LogP contribution in [0, 0.1) is 0 Å². The third-order valence-corrected chi connectivity index (χ3v) is 7.75. The molecular weight excluding hydrogens is 458 g/mol. The van der Waals surface area contributed by atoms with Crippen LogP contribution in [-0.4, -0.2) is 43.8 Å². The van der Waals surface area contributed by atoms with E-state index in [0.717, 1.165) is 5.56 Å². The highest BCUT2D eigenvalue weighted by Crippen LogP contribution is 2.32. The lowest BCUT2D eigenvalue weighted by Gasteiger charge is -2.18. The van der Waals surface area contributed by atoms with Crippen LogP contribution < -0.4 is 10.1 Å². The van der Waals surface area contributed by atoms with Crippen molar-refractivity contribution in [3.05, 3.63) is 58.4 Å². The van der Waals surface area contributed by atoms with Crippen molar-refractivity contribution in [2.24, 2.45) is 0 Å². The molecule has 0 fully saturated rings. The average molecular weight is 480 g/mol. The fourth-order valence-corrected chi connectivity index (χ4v) is 5.38. The number of halogens is 1. The average Bonchev–Trinajstić information content (AvgIpc) is 3.23. The first-order chi connectivity index (χ1) is 14.8. The Labute approximate surface area is 190 Å². The Hall–Kier alpha value is -2.46. The molecule has 0 aliphatic carbocycles. The summed E-state index contributed by atoms with van der Waals surface area (Å²) in [5.74, 6) is 0.195. The van der Waals surface area contributed by atoms with E-state index in [4.69, 9.17) is 16.3 Å². The van der Waals surface area contributed by atoms with Crippen molar-refractivity contribution in [3.8, 4) is 17.0 Å². The number of thiazole rings is 1. The van der Waals surface area contributed by atoms with Crippen molar-refractivity contribution >= 4 is 44.0 Å². The second-order valence-electron chi connectivity index (χ2n) is 6.46. The molecule has 1 aromatic heterocycles. The maximum Gasteiger partial charge on any atom is 0.257 e. The first-order valence-electron chi connectivity index (χ1n) is 9.51. The number of methoxy groups -OCH3 is 1. The molecule has 0 saturated carbocycles. The van der Waals surface area contributed by atoms with Gasteiger partial charge in [-0.1, -0.05) is 25.4 Å². The Balaban J connectivity index is 1.73. The summed E-state index contributed by atoms with van der Waals surface area (Å²) in [6.07, 6.45) is 0. The zero-order valence-corrected chi connectivity index (χ0v) is 19.6. The van der Waals surface area contributed by atoms with Gasteiger partial charge in [-0.3, -0.25) is 10.1 Å². The predicted octanol–water partition coefficient (Wildman–Crippen LogP) is 4.75. The number of hydrogen-bond donors (Lipinski definition) is 1. The van der Waals surface area contributed by atoms with Crippen LogP contribution in [0.1, 0.15) is 24.2 Å². The number of aromatic nitrogens is 1. The molecule has 0 aliphatic rings. The molecule has 7 nitrogen and oxygen atoms in total. The van der Waals surface area contributed by atoms with Crippen LogP contribution in [-0.2, 0) is 10.0 Å². The van der Waals surface area contributed by atoms with Gasteiger partial charge in [-0.2, -0.15) is 4.31 Å². The molecule has 3 rings (SSSR count). The second-order valence-corrected chi connectivity index (χ2v) is 9.66. The van der Waals surface area contributed by atoms with Crippen molar-refractivity contribution in [2.45, 2.75) is 18.7 Å². The molecule has 0 radical (unpaired) electrons. The van der Waals surface area contributed by atoms with Crippen LogP contribution in [0.5, 0.6) is 5.75 Å². The molecule has 31 heavy (non-hydrogen) atoms. The molecule has 0 unspecified atom stereocenters. The molecule has 2 aromatic carbocycles. The molecule has 1 amide bonds. The third kappa shape index (κ3) is 5.07. The number of carbonyl (C=O) groups is 1. The van der Waals surface area contributed by atoms with Gasteiger partial charge in [0.15, 0.2) is 5.13 Å². The normalized spacial score (nSPS) is 11.5. The topological polar surface area (TPSA) is 88.6 Å². The number of anilines is 1. The van der Waals surface area contributed by atoms with Crippen molar-refractivity contribution in [2.75, 3.05) is 25.5 Å². The highest BCUT2D eigenvalue weighted by molar-refractivity contribution is 7.89. The van der Waals surface area contributed by atoms with E-state index < -0.39 is 10.0 Å². The monoisotopic (exact) mass is 479 g/mol. The highest BCUT2D eigenvalue weighted by atomic mass is 35.5. The zero-order chi connectivity index (χ0) is 22.6. The molecule has 164 valence electrons. The maximum absolute atomic E-state index is 12.6. The standard InChI is InChI=1S/C21H22ClN3O4S2/c1-4-25(5-2)31(27,28)16-9-6-14(7-10-16)20(26)24-21-23-18(13-30-21)15-8-11-19(29-3)17(22)12-15/h6-13H,4-5H2,1-3H3,(H,23,24,26). The van der Waals surface area contributed by atoms with Gasteiger partial charge in [0.25, 0.3) is 5.91 Å². The van der Waals surface area contributed by atoms with E-state index in [9.17, 15) is 13.2 Å². The van der Waals surface area contributed by atoms with E-state index in [1.54, 1.807) is 33.1 Å². The van der Waals surface area contributed by atoms with Crippen molar-refractivity contribution < 1.29 is 17.9 Å². The largest absolute Gasteiger partial charge is 0.495 e. The molecule has 1 N–H and O–H groups in total. The summed E-state index contributed by atoms with van der Waals surface area (Å²) in [4.78, 5) is 17.1. The van der Waals surface area contributed by atoms with E-state index in [0.29, 0.717) is 40.3 Å². The number of benzene rings is 2. The molecule has 0 bridgehead atoms. The van der Waals surface area contributed by atoms with Gasteiger partial charge >= 0.3 is 0 Å². The number of rotatable bonds is 8. The van der Waals surface area contributed by atoms with E-state index in [1.807, 2.05) is 11.4 Å². The number of amides is 1. The molecule has 3 aromatic rings. The van der Waals surface area contributed by atoms with E-state index in [2.05, 4.69) is 10.3 Å². The summed E-state index contributed by atoms with van der Waals surface area (Å²) in [7, 11) is -2.02. The first kappa shape index (κ1) is 23.2. The zero-order valence-electron chi connectivity index (χ0n) is 17.3. The first-order valence-corrected chi connectivity index (χ1v) is 12.2. The summed E-state index contributed by atoms with van der Waals surface area (Å²) in [5, 5.41) is 5.45. The maximum atomic E-state index is 12.6. The second kappa shape index (κ2) is 9.78. The Morgan fingerprint density at radius 3 is 2.42 bits per heavy atom. The van der Waals surface area contributed by atoms with Gasteiger partial charge in [0.1, 0.15) is 5.75 Å². The molecule has 0 atom stereocenters. The summed E-state index contributed by atoms with van der Waals surface area (Å²) < 4.78 is 31.7. The van der Waals surface area contributed by atoms with Crippen LogP contribution in [0.25, 0.3) is 11.3 Å². The molecule has 0 saturated heterocycles. The van der Waals surface area contributed by atoms with Crippen molar-refractivity contribution in [1.82, 2.24) is 9.29 Å². The summed E-state index contributed by atoms with van der Waals surface area (Å²) in [5.41, 5.74) is 1.81. The number of sulfonamides is 1.